The van der Waals surface area contributed by atoms with Crippen molar-refractivity contribution >= 4 is 26.0 Å². The van der Waals surface area contributed by atoms with Crippen LogP contribution in [0.5, 0.6) is 0 Å². The molecule has 0 amide bonds. The van der Waals surface area contributed by atoms with Gasteiger partial charge >= 0.3 is 0 Å². The van der Waals surface area contributed by atoms with Crippen molar-refractivity contribution in [2.45, 2.75) is 30.8 Å². The van der Waals surface area contributed by atoms with E-state index in [2.05, 4.69) is 15.9 Å². The molecule has 19 heavy (non-hydrogen) atoms. The van der Waals surface area contributed by atoms with Gasteiger partial charge in [-0.1, -0.05) is 6.07 Å². The Kier molecular flexibility index (Phi) is 4.35. The van der Waals surface area contributed by atoms with Crippen LogP contribution in [0.25, 0.3) is 0 Å². The van der Waals surface area contributed by atoms with Gasteiger partial charge in [-0.15, -0.1) is 0 Å². The lowest BCUT2D eigenvalue weighted by Crippen LogP contribution is -2.35. The smallest absolute Gasteiger partial charge is 0.244 e. The molecule has 4 nitrogen and oxygen atoms in total. The second-order valence-corrected chi connectivity index (χ2v) is 7.99. The summed E-state index contributed by atoms with van der Waals surface area (Å²) < 4.78 is 26.7. The lowest BCUT2D eigenvalue weighted by molar-refractivity contribution is 0.131. The number of aliphatic hydroxyl groups excluding tert-OH is 1. The highest BCUT2D eigenvalue weighted by Gasteiger charge is 2.33. The molecule has 0 unspecified atom stereocenters. The van der Waals surface area contributed by atoms with Gasteiger partial charge < -0.3 is 5.11 Å². The number of rotatable bonds is 5. The monoisotopic (exact) mass is 347 g/mol. The Balaban J connectivity index is 2.22. The Morgan fingerprint density at radius 2 is 2.11 bits per heavy atom. The quantitative estimate of drug-likeness (QED) is 0.887. The highest BCUT2D eigenvalue weighted by atomic mass is 79.9. The highest BCUT2D eigenvalue weighted by Crippen LogP contribution is 2.33. The number of hydrogen-bond donors (Lipinski definition) is 1. The average molecular weight is 348 g/mol. The Bertz CT molecular complexity index is 569. The van der Waals surface area contributed by atoms with Crippen LogP contribution < -0.4 is 0 Å². The van der Waals surface area contributed by atoms with E-state index in [-0.39, 0.29) is 17.4 Å². The number of hydrogen-bond acceptors (Lipinski definition) is 3. The van der Waals surface area contributed by atoms with Gasteiger partial charge in [0.05, 0.1) is 11.0 Å². The van der Waals surface area contributed by atoms with Gasteiger partial charge in [-0.3, -0.25) is 0 Å². The van der Waals surface area contributed by atoms with Crippen LogP contribution in [0.3, 0.4) is 0 Å². The van der Waals surface area contributed by atoms with E-state index in [1.807, 2.05) is 13.0 Å². The molecule has 0 bridgehead atoms. The third-order valence-corrected chi connectivity index (χ3v) is 6.20. The molecule has 1 atom stereocenters. The van der Waals surface area contributed by atoms with Crippen molar-refractivity contribution < 1.29 is 13.5 Å². The third kappa shape index (κ3) is 3.37. The molecule has 0 aromatic heterocycles. The van der Waals surface area contributed by atoms with Crippen molar-refractivity contribution in [3.05, 3.63) is 28.2 Å². The number of nitrogens with zero attached hydrogens (tertiary/aromatic N) is 1. The summed E-state index contributed by atoms with van der Waals surface area (Å²) in [7, 11) is -2.06. The summed E-state index contributed by atoms with van der Waals surface area (Å²) in [6.07, 6.45) is 1.41. The maximum atomic E-state index is 12.5. The number of aliphatic hydroxyl groups is 1. The number of sulfonamides is 1. The van der Waals surface area contributed by atoms with E-state index >= 15 is 0 Å². The topological polar surface area (TPSA) is 57.6 Å². The van der Waals surface area contributed by atoms with Crippen LogP contribution in [0.2, 0.25) is 0 Å². The third-order valence-electron chi connectivity index (χ3n) is 3.39. The zero-order valence-corrected chi connectivity index (χ0v) is 13.4. The SMILES string of the molecule is Cc1ccc(Br)c(S(=O)(=O)N(C)C[C@@H](O)C2CC2)c1. The van der Waals surface area contributed by atoms with Crippen molar-refractivity contribution in [1.82, 2.24) is 4.31 Å². The van der Waals surface area contributed by atoms with Gasteiger partial charge in [0.25, 0.3) is 0 Å². The fourth-order valence-corrected chi connectivity index (χ4v) is 4.16. The largest absolute Gasteiger partial charge is 0.391 e. The lowest BCUT2D eigenvalue weighted by Gasteiger charge is -2.21. The Morgan fingerprint density at radius 3 is 2.68 bits per heavy atom. The normalized spacial score (nSPS) is 17.7. The van der Waals surface area contributed by atoms with E-state index in [9.17, 15) is 13.5 Å². The Morgan fingerprint density at radius 1 is 1.47 bits per heavy atom. The van der Waals surface area contributed by atoms with Crippen LogP contribution in [0.15, 0.2) is 27.6 Å². The van der Waals surface area contributed by atoms with Crippen LogP contribution in [0.1, 0.15) is 18.4 Å². The molecule has 1 saturated carbocycles. The van der Waals surface area contributed by atoms with Crippen LogP contribution in [-0.2, 0) is 10.0 Å². The van der Waals surface area contributed by atoms with Crippen molar-refractivity contribution in [2.24, 2.45) is 5.92 Å². The molecule has 1 aromatic carbocycles. The highest BCUT2D eigenvalue weighted by molar-refractivity contribution is 9.10. The predicted octanol–water partition coefficient (Wildman–Crippen LogP) is 2.15. The molecule has 0 radical (unpaired) electrons. The Hall–Kier alpha value is -0.430. The second kappa shape index (κ2) is 5.52. The zero-order valence-electron chi connectivity index (χ0n) is 11.0. The fraction of sp³-hybridized carbons (Fsp3) is 0.538. The van der Waals surface area contributed by atoms with E-state index in [0.717, 1.165) is 18.4 Å². The molecule has 1 aliphatic carbocycles. The van der Waals surface area contributed by atoms with Crippen molar-refractivity contribution in [3.63, 3.8) is 0 Å². The minimum absolute atomic E-state index is 0.146. The molecule has 6 heteroatoms. The molecule has 1 aromatic rings. The summed E-state index contributed by atoms with van der Waals surface area (Å²) in [6, 6.07) is 5.22. The van der Waals surface area contributed by atoms with Gasteiger partial charge in [-0.05, 0) is 59.3 Å². The van der Waals surface area contributed by atoms with Gasteiger partial charge in [0, 0.05) is 18.1 Å². The average Bonchev–Trinajstić information content (AvgIpc) is 3.15. The maximum Gasteiger partial charge on any atom is 0.244 e. The van der Waals surface area contributed by atoms with E-state index in [0.29, 0.717) is 4.47 Å². The molecule has 2 rings (SSSR count). The second-order valence-electron chi connectivity index (χ2n) is 5.12. The summed E-state index contributed by atoms with van der Waals surface area (Å²) in [6.45, 7) is 2.00. The molecule has 0 aliphatic heterocycles. The molecule has 1 aliphatic rings. The fourth-order valence-electron chi connectivity index (χ4n) is 1.97. The summed E-state index contributed by atoms with van der Waals surface area (Å²) in [5.41, 5.74) is 0.887. The molecule has 106 valence electrons. The first kappa shape index (κ1) is 15.0. The van der Waals surface area contributed by atoms with Gasteiger partial charge in [0.15, 0.2) is 0 Å². The summed E-state index contributed by atoms with van der Waals surface area (Å²) >= 11 is 3.27. The van der Waals surface area contributed by atoms with Gasteiger partial charge in [0.2, 0.25) is 10.0 Å². The molecule has 0 spiro atoms. The molecule has 0 saturated heterocycles. The van der Waals surface area contributed by atoms with Crippen molar-refractivity contribution in [1.29, 1.82) is 0 Å². The summed E-state index contributed by atoms with van der Waals surface area (Å²) in [5.74, 6) is 0.263. The first-order valence-corrected chi connectivity index (χ1v) is 8.46. The standard InChI is InChI=1S/C13H18BrNO3S/c1-9-3-6-11(14)13(7-9)19(17,18)15(2)8-12(16)10-4-5-10/h3,6-7,10,12,16H,4-5,8H2,1-2H3/t12-/m1/s1. The van der Waals surface area contributed by atoms with Crippen molar-refractivity contribution in [2.75, 3.05) is 13.6 Å². The maximum absolute atomic E-state index is 12.5. The van der Waals surface area contributed by atoms with E-state index in [1.165, 1.54) is 11.4 Å². The predicted molar refractivity (Wildman–Crippen MR) is 77.4 cm³/mol. The number of aryl methyl sites for hydroxylation is 1. The minimum atomic E-state index is -3.57. The lowest BCUT2D eigenvalue weighted by atomic mass is 10.2. The van der Waals surface area contributed by atoms with E-state index in [1.54, 1.807) is 12.1 Å². The molecule has 1 fully saturated rings. The molecule has 1 N–H and O–H groups in total. The van der Waals surface area contributed by atoms with Crippen LogP contribution in [-0.4, -0.2) is 37.5 Å². The van der Waals surface area contributed by atoms with Gasteiger partial charge in [0.1, 0.15) is 0 Å². The summed E-state index contributed by atoms with van der Waals surface area (Å²) in [4.78, 5) is 0.248. The van der Waals surface area contributed by atoms with E-state index in [4.69, 9.17) is 0 Å². The first-order chi connectivity index (χ1) is 8.82. The van der Waals surface area contributed by atoms with Crippen LogP contribution in [0.4, 0.5) is 0 Å². The zero-order chi connectivity index (χ0) is 14.2. The van der Waals surface area contributed by atoms with Gasteiger partial charge in [-0.2, -0.15) is 4.31 Å². The Labute approximate surface area is 122 Å². The number of benzene rings is 1. The molecule has 0 heterocycles. The summed E-state index contributed by atoms with van der Waals surface area (Å²) in [5, 5.41) is 9.88. The number of likely N-dealkylation sites (N-methyl/N-ethyl adjacent to an activating group) is 1. The van der Waals surface area contributed by atoms with Crippen LogP contribution in [0, 0.1) is 12.8 Å². The minimum Gasteiger partial charge on any atom is -0.391 e. The van der Waals surface area contributed by atoms with Crippen molar-refractivity contribution in [3.8, 4) is 0 Å². The number of halogens is 1. The molecular weight excluding hydrogens is 330 g/mol. The van der Waals surface area contributed by atoms with Crippen LogP contribution >= 0.6 is 15.9 Å². The van der Waals surface area contributed by atoms with Gasteiger partial charge in [-0.25, -0.2) is 8.42 Å². The first-order valence-electron chi connectivity index (χ1n) is 6.23. The van der Waals surface area contributed by atoms with E-state index < -0.39 is 16.1 Å². The molecular formula is C13H18BrNO3S.